The van der Waals surface area contributed by atoms with Crippen molar-refractivity contribution < 1.29 is 14.5 Å². The number of rotatable bonds is 4. The van der Waals surface area contributed by atoms with Crippen molar-refractivity contribution in [2.75, 3.05) is 31.1 Å². The zero-order chi connectivity index (χ0) is 19.4. The Kier molecular flexibility index (Phi) is 6.37. The van der Waals surface area contributed by atoms with Crippen LogP contribution in [0.2, 0.25) is 0 Å². The number of hydrogen-bond donors (Lipinski definition) is 3. The Morgan fingerprint density at radius 2 is 1.81 bits per heavy atom. The van der Waals surface area contributed by atoms with Gasteiger partial charge >= 0.3 is 6.03 Å². The van der Waals surface area contributed by atoms with Gasteiger partial charge in [0.15, 0.2) is 6.04 Å². The fourth-order valence-corrected chi connectivity index (χ4v) is 4.24. The summed E-state index contributed by atoms with van der Waals surface area (Å²) >= 11 is 0. The van der Waals surface area contributed by atoms with E-state index < -0.39 is 0 Å². The molecular formula is C21H33N4O2+. The van der Waals surface area contributed by atoms with Crippen LogP contribution in [0, 0.1) is 13.8 Å². The van der Waals surface area contributed by atoms with E-state index in [0.29, 0.717) is 0 Å². The van der Waals surface area contributed by atoms with Crippen molar-refractivity contribution in [3.05, 3.63) is 29.3 Å². The summed E-state index contributed by atoms with van der Waals surface area (Å²) in [6.45, 7) is 9.86. The van der Waals surface area contributed by atoms with Crippen LogP contribution in [-0.2, 0) is 4.79 Å². The molecule has 1 saturated heterocycles. The highest BCUT2D eigenvalue weighted by Crippen LogP contribution is 2.22. The van der Waals surface area contributed by atoms with Crippen molar-refractivity contribution >= 4 is 17.6 Å². The molecular weight excluding hydrogens is 340 g/mol. The summed E-state index contributed by atoms with van der Waals surface area (Å²) in [7, 11) is 0. The molecule has 3 amide bonds. The molecule has 0 unspecified atom stereocenters. The number of aryl methyl sites for hydroxylation is 1. The minimum absolute atomic E-state index is 0.180. The normalized spacial score (nSPS) is 19.7. The first-order valence-corrected chi connectivity index (χ1v) is 10.2. The minimum Gasteiger partial charge on any atom is -0.360 e. The molecule has 0 bridgehead atoms. The Hall–Kier alpha value is -2.08. The maximum Gasteiger partial charge on any atom is 0.321 e. The highest BCUT2D eigenvalue weighted by molar-refractivity contribution is 5.96. The van der Waals surface area contributed by atoms with Crippen LogP contribution in [-0.4, -0.2) is 50.2 Å². The molecule has 0 aromatic heterocycles. The second kappa shape index (κ2) is 8.74. The maximum absolute atomic E-state index is 12.5. The van der Waals surface area contributed by atoms with Gasteiger partial charge in [-0.2, -0.15) is 0 Å². The van der Waals surface area contributed by atoms with Gasteiger partial charge in [0.05, 0.1) is 26.2 Å². The van der Waals surface area contributed by atoms with E-state index >= 15 is 0 Å². The summed E-state index contributed by atoms with van der Waals surface area (Å²) in [4.78, 5) is 28.2. The number of carbonyl (C=O) groups excluding carboxylic acids is 2. The van der Waals surface area contributed by atoms with Crippen molar-refractivity contribution in [3.8, 4) is 0 Å². The third-order valence-electron chi connectivity index (χ3n) is 6.26. The predicted molar refractivity (Wildman–Crippen MR) is 107 cm³/mol. The summed E-state index contributed by atoms with van der Waals surface area (Å²) in [5, 5.41) is 5.46. The second-order valence-electron chi connectivity index (χ2n) is 8.03. The van der Waals surface area contributed by atoms with Crippen molar-refractivity contribution in [3.63, 3.8) is 0 Å². The van der Waals surface area contributed by atoms with E-state index in [1.165, 1.54) is 21.7 Å². The zero-order valence-electron chi connectivity index (χ0n) is 16.8. The SMILES string of the molecule is Cc1cccc(N2CC[NH+]([C@H](C)C(=O)NC(=O)NC3CCCC3)CC2)c1C. The van der Waals surface area contributed by atoms with Crippen LogP contribution >= 0.6 is 0 Å². The number of urea groups is 1. The molecule has 27 heavy (non-hydrogen) atoms. The highest BCUT2D eigenvalue weighted by atomic mass is 16.2. The molecule has 2 fully saturated rings. The molecule has 1 aliphatic carbocycles. The van der Waals surface area contributed by atoms with Crippen molar-refractivity contribution in [2.24, 2.45) is 0 Å². The summed E-state index contributed by atoms with van der Waals surface area (Å²) in [5.41, 5.74) is 3.93. The van der Waals surface area contributed by atoms with Gasteiger partial charge in [-0.1, -0.05) is 25.0 Å². The lowest BCUT2D eigenvalue weighted by molar-refractivity contribution is -0.914. The van der Waals surface area contributed by atoms with E-state index in [1.807, 2.05) is 6.92 Å². The van der Waals surface area contributed by atoms with Gasteiger partial charge in [-0.3, -0.25) is 10.1 Å². The van der Waals surface area contributed by atoms with Crippen molar-refractivity contribution in [1.29, 1.82) is 0 Å². The quantitative estimate of drug-likeness (QED) is 0.742. The number of amides is 3. The molecule has 1 aromatic carbocycles. The van der Waals surface area contributed by atoms with Crippen LogP contribution in [0.5, 0.6) is 0 Å². The predicted octanol–water partition coefficient (Wildman–Crippen LogP) is 1.17. The monoisotopic (exact) mass is 373 g/mol. The molecule has 3 N–H and O–H groups in total. The van der Waals surface area contributed by atoms with Gasteiger partial charge in [-0.15, -0.1) is 0 Å². The number of quaternary nitrogens is 1. The fraction of sp³-hybridized carbons (Fsp3) is 0.619. The highest BCUT2D eigenvalue weighted by Gasteiger charge is 2.31. The van der Waals surface area contributed by atoms with Gasteiger partial charge < -0.3 is 15.1 Å². The van der Waals surface area contributed by atoms with E-state index in [-0.39, 0.29) is 24.0 Å². The van der Waals surface area contributed by atoms with Gasteiger partial charge in [0.2, 0.25) is 0 Å². The molecule has 148 valence electrons. The molecule has 1 aliphatic heterocycles. The van der Waals surface area contributed by atoms with Crippen LogP contribution in [0.3, 0.4) is 0 Å². The number of anilines is 1. The number of imide groups is 1. The average Bonchev–Trinajstić information content (AvgIpc) is 3.16. The number of benzene rings is 1. The molecule has 1 heterocycles. The van der Waals surface area contributed by atoms with E-state index in [1.54, 1.807) is 0 Å². The molecule has 6 nitrogen and oxygen atoms in total. The lowest BCUT2D eigenvalue weighted by Gasteiger charge is -2.36. The van der Waals surface area contributed by atoms with Crippen LogP contribution < -0.4 is 20.4 Å². The molecule has 0 radical (unpaired) electrons. The van der Waals surface area contributed by atoms with E-state index in [0.717, 1.165) is 51.9 Å². The van der Waals surface area contributed by atoms with E-state index in [9.17, 15) is 9.59 Å². The fourth-order valence-electron chi connectivity index (χ4n) is 4.24. The Bertz CT molecular complexity index is 677. The molecule has 1 aromatic rings. The third kappa shape index (κ3) is 4.80. The third-order valence-corrected chi connectivity index (χ3v) is 6.26. The number of carbonyl (C=O) groups is 2. The smallest absolute Gasteiger partial charge is 0.321 e. The van der Waals surface area contributed by atoms with Gasteiger partial charge in [-0.05, 0) is 50.8 Å². The number of hydrogen-bond acceptors (Lipinski definition) is 3. The van der Waals surface area contributed by atoms with Crippen LogP contribution in [0.15, 0.2) is 18.2 Å². The molecule has 0 spiro atoms. The Morgan fingerprint density at radius 3 is 2.48 bits per heavy atom. The molecule has 2 aliphatic rings. The number of piperazine rings is 1. The van der Waals surface area contributed by atoms with Gasteiger partial charge in [-0.25, -0.2) is 4.79 Å². The standard InChI is InChI=1S/C21H32N4O2/c1-15-7-6-10-19(16(15)2)25-13-11-24(12-14-25)17(3)20(26)23-21(27)22-18-8-4-5-9-18/h6-7,10,17-18H,4-5,8-9,11-14H2,1-3H3,(H2,22,23,26,27)/p+1/t17-/m1/s1. The van der Waals surface area contributed by atoms with Gasteiger partial charge in [0.1, 0.15) is 0 Å². The van der Waals surface area contributed by atoms with E-state index in [4.69, 9.17) is 0 Å². The van der Waals surface area contributed by atoms with Crippen molar-refractivity contribution in [1.82, 2.24) is 10.6 Å². The number of nitrogens with zero attached hydrogens (tertiary/aromatic N) is 1. The Labute approximate surface area is 162 Å². The second-order valence-corrected chi connectivity index (χ2v) is 8.03. The first kappa shape index (κ1) is 19.7. The molecule has 1 saturated carbocycles. The average molecular weight is 374 g/mol. The lowest BCUT2D eigenvalue weighted by atomic mass is 10.1. The topological polar surface area (TPSA) is 65.9 Å². The van der Waals surface area contributed by atoms with Crippen LogP contribution in [0.4, 0.5) is 10.5 Å². The lowest BCUT2D eigenvalue weighted by Crippen LogP contribution is -3.19. The van der Waals surface area contributed by atoms with Gasteiger partial charge in [0.25, 0.3) is 5.91 Å². The van der Waals surface area contributed by atoms with Crippen LogP contribution in [0.25, 0.3) is 0 Å². The summed E-state index contributed by atoms with van der Waals surface area (Å²) < 4.78 is 0. The first-order valence-electron chi connectivity index (χ1n) is 10.2. The molecule has 1 atom stereocenters. The minimum atomic E-state index is -0.341. The molecule has 6 heteroatoms. The molecule has 3 rings (SSSR count). The largest absolute Gasteiger partial charge is 0.360 e. The van der Waals surface area contributed by atoms with Crippen LogP contribution in [0.1, 0.15) is 43.7 Å². The Morgan fingerprint density at radius 1 is 1.15 bits per heavy atom. The maximum atomic E-state index is 12.5. The summed E-state index contributed by atoms with van der Waals surface area (Å²) in [6, 6.07) is 6.09. The first-order chi connectivity index (χ1) is 13.0. The number of nitrogens with one attached hydrogen (secondary N) is 3. The summed E-state index contributed by atoms with van der Waals surface area (Å²) in [5.74, 6) is -0.180. The zero-order valence-corrected chi connectivity index (χ0v) is 16.8. The van der Waals surface area contributed by atoms with Crippen molar-refractivity contribution in [2.45, 2.75) is 58.5 Å². The van der Waals surface area contributed by atoms with Gasteiger partial charge in [0, 0.05) is 11.7 Å². The Balaban J connectivity index is 1.48. The summed E-state index contributed by atoms with van der Waals surface area (Å²) in [6.07, 6.45) is 4.35. The van der Waals surface area contributed by atoms with E-state index in [2.05, 4.69) is 47.6 Å².